The highest BCUT2D eigenvalue weighted by molar-refractivity contribution is 6.30. The Morgan fingerprint density at radius 2 is 2.00 bits per heavy atom. The van der Waals surface area contributed by atoms with Crippen molar-refractivity contribution in [1.82, 2.24) is 10.2 Å². The average molecular weight is 527 g/mol. The highest BCUT2D eigenvalue weighted by Crippen LogP contribution is 2.37. The van der Waals surface area contributed by atoms with Crippen molar-refractivity contribution in [2.45, 2.75) is 65.1 Å². The number of amides is 2. The summed E-state index contributed by atoms with van der Waals surface area (Å²) >= 11 is 6.23. The van der Waals surface area contributed by atoms with Crippen molar-refractivity contribution in [3.63, 3.8) is 0 Å². The third-order valence-corrected chi connectivity index (χ3v) is 7.58. The number of hydrogen-bond donors (Lipinski definition) is 2. The molecule has 2 heterocycles. The van der Waals surface area contributed by atoms with Crippen molar-refractivity contribution in [3.8, 4) is 11.5 Å². The van der Waals surface area contributed by atoms with Gasteiger partial charge < -0.3 is 20.5 Å². The van der Waals surface area contributed by atoms with E-state index in [2.05, 4.69) is 10.3 Å². The zero-order valence-electron chi connectivity index (χ0n) is 21.8. The predicted molar refractivity (Wildman–Crippen MR) is 144 cm³/mol. The minimum atomic E-state index is -0.457. The monoisotopic (exact) mass is 526 g/mol. The maximum atomic E-state index is 13.4. The molecule has 0 aliphatic carbocycles. The largest absolute Gasteiger partial charge is 0.494 e. The molecule has 198 valence electrons. The number of nitrogens with one attached hydrogen (secondary N) is 1. The van der Waals surface area contributed by atoms with Gasteiger partial charge in [0.25, 0.3) is 5.91 Å². The van der Waals surface area contributed by atoms with E-state index in [0.29, 0.717) is 47.3 Å². The van der Waals surface area contributed by atoms with Gasteiger partial charge in [-0.05, 0) is 56.2 Å². The molecule has 3 N–H and O–H groups in total. The Morgan fingerprint density at radius 3 is 2.68 bits per heavy atom. The van der Waals surface area contributed by atoms with Gasteiger partial charge in [0, 0.05) is 27.6 Å². The first kappa shape index (κ1) is 26.8. The Labute approximate surface area is 223 Å². The van der Waals surface area contributed by atoms with E-state index in [1.54, 1.807) is 24.3 Å². The predicted octanol–water partition coefficient (Wildman–Crippen LogP) is 4.84. The van der Waals surface area contributed by atoms with Crippen LogP contribution in [0.5, 0.6) is 11.5 Å². The summed E-state index contributed by atoms with van der Waals surface area (Å²) in [6.45, 7) is 9.05. The van der Waals surface area contributed by atoms with E-state index in [1.165, 1.54) is 4.90 Å². The van der Waals surface area contributed by atoms with Crippen molar-refractivity contribution in [3.05, 3.63) is 58.1 Å². The van der Waals surface area contributed by atoms with Gasteiger partial charge >= 0.3 is 0 Å². The van der Waals surface area contributed by atoms with Crippen LogP contribution in [0.2, 0.25) is 5.02 Å². The van der Waals surface area contributed by atoms with Crippen LogP contribution in [-0.4, -0.2) is 41.4 Å². The SMILES string of the molecule is CCOc1ccc(C(=O)NC2c3cc(Cl)ccc3OCC2C)cc1CN1C(=O)CC(CC)(CC)N=C1N. The van der Waals surface area contributed by atoms with Crippen LogP contribution in [-0.2, 0) is 11.3 Å². The second-order valence-electron chi connectivity index (χ2n) is 9.74. The zero-order valence-corrected chi connectivity index (χ0v) is 22.6. The van der Waals surface area contributed by atoms with E-state index >= 15 is 0 Å². The maximum absolute atomic E-state index is 13.4. The van der Waals surface area contributed by atoms with Crippen LogP contribution in [0.3, 0.4) is 0 Å². The third kappa shape index (κ3) is 5.54. The quantitative estimate of drug-likeness (QED) is 0.511. The molecule has 0 aromatic heterocycles. The number of halogens is 1. The minimum Gasteiger partial charge on any atom is -0.494 e. The molecule has 0 saturated heterocycles. The first-order valence-corrected chi connectivity index (χ1v) is 13.2. The molecule has 4 rings (SSSR count). The van der Waals surface area contributed by atoms with Gasteiger partial charge in [0.15, 0.2) is 5.96 Å². The zero-order chi connectivity index (χ0) is 26.7. The van der Waals surface area contributed by atoms with Crippen LogP contribution in [0.4, 0.5) is 0 Å². The number of ether oxygens (including phenoxy) is 2. The number of fused-ring (bicyclic) bond motifs is 1. The molecule has 0 fully saturated rings. The maximum Gasteiger partial charge on any atom is 0.251 e. The van der Waals surface area contributed by atoms with E-state index in [0.717, 1.165) is 18.4 Å². The molecule has 2 aromatic carbocycles. The highest BCUT2D eigenvalue weighted by Gasteiger charge is 2.37. The van der Waals surface area contributed by atoms with Crippen molar-refractivity contribution in [2.75, 3.05) is 13.2 Å². The molecule has 9 heteroatoms. The summed E-state index contributed by atoms with van der Waals surface area (Å²) in [6, 6.07) is 10.4. The molecule has 37 heavy (non-hydrogen) atoms. The smallest absolute Gasteiger partial charge is 0.251 e. The Hall–Kier alpha value is -3.26. The van der Waals surface area contributed by atoms with Crippen molar-refractivity contribution in [2.24, 2.45) is 16.6 Å². The summed E-state index contributed by atoms with van der Waals surface area (Å²) < 4.78 is 11.6. The number of benzene rings is 2. The van der Waals surface area contributed by atoms with Crippen molar-refractivity contribution in [1.29, 1.82) is 0 Å². The van der Waals surface area contributed by atoms with E-state index in [1.807, 2.05) is 39.8 Å². The second-order valence-corrected chi connectivity index (χ2v) is 10.2. The summed E-state index contributed by atoms with van der Waals surface area (Å²) in [5, 5.41) is 3.73. The van der Waals surface area contributed by atoms with E-state index in [-0.39, 0.29) is 36.3 Å². The lowest BCUT2D eigenvalue weighted by Gasteiger charge is -2.36. The number of rotatable bonds is 8. The van der Waals surface area contributed by atoms with Crippen LogP contribution in [0.25, 0.3) is 0 Å². The molecule has 8 nitrogen and oxygen atoms in total. The van der Waals surface area contributed by atoms with Gasteiger partial charge in [-0.3, -0.25) is 14.5 Å². The molecule has 2 aliphatic heterocycles. The molecular weight excluding hydrogens is 492 g/mol. The van der Waals surface area contributed by atoms with E-state index in [9.17, 15) is 9.59 Å². The third-order valence-electron chi connectivity index (χ3n) is 7.34. The molecule has 0 spiro atoms. The summed E-state index contributed by atoms with van der Waals surface area (Å²) in [5.74, 6) is 1.24. The fraction of sp³-hybridized carbons (Fsp3) is 0.464. The van der Waals surface area contributed by atoms with Crippen LogP contribution < -0.4 is 20.5 Å². The van der Waals surface area contributed by atoms with Crippen molar-refractivity contribution < 1.29 is 19.1 Å². The second kappa shape index (κ2) is 11.0. The van der Waals surface area contributed by atoms with Gasteiger partial charge in [0.05, 0.1) is 37.8 Å². The summed E-state index contributed by atoms with van der Waals surface area (Å²) in [7, 11) is 0. The van der Waals surface area contributed by atoms with E-state index < -0.39 is 5.54 Å². The van der Waals surface area contributed by atoms with E-state index in [4.69, 9.17) is 26.8 Å². The minimum absolute atomic E-state index is 0.0523. The summed E-state index contributed by atoms with van der Waals surface area (Å²) in [4.78, 5) is 32.7. The van der Waals surface area contributed by atoms with Gasteiger partial charge in [0.2, 0.25) is 5.91 Å². The Bertz CT molecular complexity index is 1210. The lowest BCUT2D eigenvalue weighted by molar-refractivity contribution is -0.130. The highest BCUT2D eigenvalue weighted by atomic mass is 35.5. The van der Waals surface area contributed by atoms with Gasteiger partial charge in [-0.2, -0.15) is 0 Å². The van der Waals surface area contributed by atoms with Crippen LogP contribution >= 0.6 is 11.6 Å². The number of nitrogens with two attached hydrogens (primary N) is 1. The molecule has 2 amide bonds. The molecule has 0 saturated carbocycles. The molecule has 2 aliphatic rings. The number of nitrogens with zero attached hydrogens (tertiary/aromatic N) is 2. The topological polar surface area (TPSA) is 106 Å². The van der Waals surface area contributed by atoms with Gasteiger partial charge in [0.1, 0.15) is 11.5 Å². The lowest BCUT2D eigenvalue weighted by Crippen LogP contribution is -2.50. The summed E-state index contributed by atoms with van der Waals surface area (Å²) in [5.41, 5.74) is 7.81. The van der Waals surface area contributed by atoms with Crippen LogP contribution in [0.1, 0.15) is 74.5 Å². The number of carbonyl (C=O) groups is 2. The molecular formula is C28H35ClN4O4. The van der Waals surface area contributed by atoms with Gasteiger partial charge in [-0.15, -0.1) is 0 Å². The fourth-order valence-corrected chi connectivity index (χ4v) is 5.13. The fourth-order valence-electron chi connectivity index (χ4n) is 4.95. The standard InChI is InChI=1S/C28H35ClN4O4/c1-5-28(6-2)14-24(34)33(27(30)32-28)15-19-12-18(8-10-22(19)36-7-3)26(35)31-25-17(4)16-37-23-11-9-20(29)13-21(23)25/h8-13,17,25H,5-7,14-16H2,1-4H3,(H2,30,32)(H,31,35). The Balaban J connectivity index is 1.61. The number of carbonyl (C=O) groups excluding carboxylic acids is 2. The molecule has 0 radical (unpaired) electrons. The number of guanidine groups is 1. The van der Waals surface area contributed by atoms with Gasteiger partial charge in [-0.25, -0.2) is 4.99 Å². The lowest BCUT2D eigenvalue weighted by atomic mass is 9.88. The van der Waals surface area contributed by atoms with Crippen LogP contribution in [0, 0.1) is 5.92 Å². The molecule has 0 bridgehead atoms. The first-order chi connectivity index (χ1) is 17.7. The summed E-state index contributed by atoms with van der Waals surface area (Å²) in [6.07, 6.45) is 1.78. The normalized spacial score (nSPS) is 20.5. The van der Waals surface area contributed by atoms with Crippen molar-refractivity contribution >= 4 is 29.4 Å². The molecule has 2 atom stereocenters. The average Bonchev–Trinajstić information content (AvgIpc) is 2.88. The van der Waals surface area contributed by atoms with Gasteiger partial charge in [-0.1, -0.05) is 32.4 Å². The molecule has 2 aromatic rings. The number of aliphatic imine (C=N–C) groups is 1. The van der Waals surface area contributed by atoms with Crippen LogP contribution in [0.15, 0.2) is 41.4 Å². The Kier molecular flexibility index (Phi) is 7.97. The number of hydrogen-bond acceptors (Lipinski definition) is 6. The first-order valence-electron chi connectivity index (χ1n) is 12.8. The molecule has 2 unspecified atom stereocenters. The Morgan fingerprint density at radius 1 is 1.24 bits per heavy atom.